The molecular weight excluding hydrogens is 214 g/mol. The molecule has 0 atom stereocenters. The van der Waals surface area contributed by atoms with E-state index in [1.54, 1.807) is 0 Å². The van der Waals surface area contributed by atoms with E-state index in [1.165, 1.54) is 16.5 Å². The highest BCUT2D eigenvalue weighted by molar-refractivity contribution is 5.84. The van der Waals surface area contributed by atoms with Crippen molar-refractivity contribution in [3.8, 4) is 0 Å². The van der Waals surface area contributed by atoms with Gasteiger partial charge in [-0.2, -0.15) is 0 Å². The summed E-state index contributed by atoms with van der Waals surface area (Å²) in [6.07, 6.45) is 3.14. The molecule has 0 fully saturated rings. The van der Waals surface area contributed by atoms with Crippen molar-refractivity contribution in [2.24, 2.45) is 0 Å². The first kappa shape index (κ1) is 11.7. The van der Waals surface area contributed by atoms with Gasteiger partial charge in [-0.05, 0) is 37.5 Å². The van der Waals surface area contributed by atoms with Crippen LogP contribution in [0.15, 0.2) is 24.4 Å². The number of carbonyl (C=O) groups is 1. The molecular formula is C14H17NO2. The van der Waals surface area contributed by atoms with Crippen LogP contribution in [0.3, 0.4) is 0 Å². The largest absolute Gasteiger partial charge is 0.466 e. The monoisotopic (exact) mass is 231 g/mol. The summed E-state index contributed by atoms with van der Waals surface area (Å²) < 4.78 is 4.92. The molecule has 0 saturated carbocycles. The van der Waals surface area contributed by atoms with Crippen LogP contribution in [0.1, 0.15) is 24.5 Å². The summed E-state index contributed by atoms with van der Waals surface area (Å²) in [4.78, 5) is 14.5. The Morgan fingerprint density at radius 3 is 3.00 bits per heavy atom. The zero-order chi connectivity index (χ0) is 12.3. The van der Waals surface area contributed by atoms with Crippen molar-refractivity contribution < 1.29 is 9.53 Å². The second-order valence-electron chi connectivity index (χ2n) is 4.17. The molecule has 0 amide bonds. The van der Waals surface area contributed by atoms with Gasteiger partial charge < -0.3 is 9.72 Å². The smallest absolute Gasteiger partial charge is 0.306 e. The van der Waals surface area contributed by atoms with Crippen molar-refractivity contribution in [2.45, 2.75) is 26.7 Å². The summed E-state index contributed by atoms with van der Waals surface area (Å²) in [5.41, 5.74) is 3.54. The Labute approximate surface area is 101 Å². The number of ether oxygens (including phenoxy) is 1. The van der Waals surface area contributed by atoms with E-state index < -0.39 is 0 Å². The van der Waals surface area contributed by atoms with Crippen molar-refractivity contribution in [1.82, 2.24) is 4.98 Å². The highest BCUT2D eigenvalue weighted by Crippen LogP contribution is 2.20. The standard InChI is InChI=1S/C14H17NO2/c1-3-17-14(16)7-5-11-9-15-13-8-10(2)4-6-12(11)13/h4,6,8-9,15H,3,5,7H2,1-2H3. The number of hydrogen-bond donors (Lipinski definition) is 1. The van der Waals surface area contributed by atoms with Gasteiger partial charge in [0.2, 0.25) is 0 Å². The van der Waals surface area contributed by atoms with Crippen molar-refractivity contribution in [3.05, 3.63) is 35.5 Å². The summed E-state index contributed by atoms with van der Waals surface area (Å²) in [7, 11) is 0. The van der Waals surface area contributed by atoms with Gasteiger partial charge in [-0.1, -0.05) is 12.1 Å². The lowest BCUT2D eigenvalue weighted by Gasteiger charge is -2.01. The third-order valence-electron chi connectivity index (χ3n) is 2.83. The quantitative estimate of drug-likeness (QED) is 0.822. The summed E-state index contributed by atoms with van der Waals surface area (Å²) >= 11 is 0. The number of rotatable bonds is 4. The SMILES string of the molecule is CCOC(=O)CCc1c[nH]c2cc(C)ccc12. The third kappa shape index (κ3) is 2.67. The topological polar surface area (TPSA) is 42.1 Å². The summed E-state index contributed by atoms with van der Waals surface area (Å²) in [6.45, 7) is 4.34. The highest BCUT2D eigenvalue weighted by atomic mass is 16.5. The van der Waals surface area contributed by atoms with E-state index >= 15 is 0 Å². The number of aryl methyl sites for hydroxylation is 2. The zero-order valence-corrected chi connectivity index (χ0v) is 10.2. The Balaban J connectivity index is 2.11. The molecule has 17 heavy (non-hydrogen) atoms. The molecule has 0 saturated heterocycles. The predicted octanol–water partition coefficient (Wildman–Crippen LogP) is 2.97. The molecule has 0 spiro atoms. The normalized spacial score (nSPS) is 10.7. The van der Waals surface area contributed by atoms with Crippen LogP contribution in [-0.4, -0.2) is 17.6 Å². The van der Waals surface area contributed by atoms with Gasteiger partial charge in [0.05, 0.1) is 6.61 Å². The van der Waals surface area contributed by atoms with Crippen molar-refractivity contribution in [2.75, 3.05) is 6.61 Å². The fourth-order valence-corrected chi connectivity index (χ4v) is 1.98. The minimum atomic E-state index is -0.131. The maximum absolute atomic E-state index is 11.3. The minimum Gasteiger partial charge on any atom is -0.466 e. The Bertz CT molecular complexity index is 528. The lowest BCUT2D eigenvalue weighted by Crippen LogP contribution is -2.04. The first-order valence-corrected chi connectivity index (χ1v) is 5.93. The van der Waals surface area contributed by atoms with E-state index in [0.717, 1.165) is 11.9 Å². The molecule has 0 radical (unpaired) electrons. The van der Waals surface area contributed by atoms with Crippen LogP contribution >= 0.6 is 0 Å². The first-order valence-electron chi connectivity index (χ1n) is 5.93. The number of H-pyrrole nitrogens is 1. The number of aromatic amines is 1. The molecule has 0 aliphatic heterocycles. The van der Waals surface area contributed by atoms with E-state index in [-0.39, 0.29) is 5.97 Å². The van der Waals surface area contributed by atoms with Crippen LogP contribution < -0.4 is 0 Å². The second-order valence-corrected chi connectivity index (χ2v) is 4.17. The third-order valence-corrected chi connectivity index (χ3v) is 2.83. The molecule has 2 aromatic rings. The van der Waals surface area contributed by atoms with Crippen LogP contribution in [0, 0.1) is 6.92 Å². The van der Waals surface area contributed by atoms with Gasteiger partial charge >= 0.3 is 5.97 Å². The second kappa shape index (κ2) is 5.04. The average molecular weight is 231 g/mol. The maximum Gasteiger partial charge on any atom is 0.306 e. The number of esters is 1. The lowest BCUT2D eigenvalue weighted by molar-refractivity contribution is -0.143. The van der Waals surface area contributed by atoms with E-state index in [1.807, 2.05) is 13.1 Å². The Kier molecular flexibility index (Phi) is 3.47. The van der Waals surface area contributed by atoms with Crippen molar-refractivity contribution in [1.29, 1.82) is 0 Å². The van der Waals surface area contributed by atoms with Gasteiger partial charge in [0.1, 0.15) is 0 Å². The first-order chi connectivity index (χ1) is 8.20. The molecule has 0 aliphatic carbocycles. The van der Waals surface area contributed by atoms with Crippen LogP contribution in [0.4, 0.5) is 0 Å². The van der Waals surface area contributed by atoms with E-state index in [4.69, 9.17) is 4.74 Å². The number of fused-ring (bicyclic) bond motifs is 1. The molecule has 1 aromatic heterocycles. The van der Waals surface area contributed by atoms with E-state index in [2.05, 4.69) is 30.1 Å². The molecule has 2 rings (SSSR count). The molecule has 90 valence electrons. The molecule has 0 unspecified atom stereocenters. The maximum atomic E-state index is 11.3. The number of benzene rings is 1. The highest BCUT2D eigenvalue weighted by Gasteiger charge is 2.07. The molecule has 0 aliphatic rings. The van der Waals surface area contributed by atoms with Crippen LogP contribution in [0.2, 0.25) is 0 Å². The Morgan fingerprint density at radius 2 is 2.24 bits per heavy atom. The number of carbonyl (C=O) groups excluding carboxylic acids is 1. The fourth-order valence-electron chi connectivity index (χ4n) is 1.98. The van der Waals surface area contributed by atoms with Crippen molar-refractivity contribution >= 4 is 16.9 Å². The Morgan fingerprint density at radius 1 is 1.41 bits per heavy atom. The van der Waals surface area contributed by atoms with Crippen LogP contribution in [0.5, 0.6) is 0 Å². The Hall–Kier alpha value is -1.77. The summed E-state index contributed by atoms with van der Waals surface area (Å²) in [6, 6.07) is 6.30. The summed E-state index contributed by atoms with van der Waals surface area (Å²) in [5.74, 6) is -0.131. The van der Waals surface area contributed by atoms with Crippen LogP contribution in [-0.2, 0) is 16.0 Å². The molecule has 1 heterocycles. The van der Waals surface area contributed by atoms with Crippen molar-refractivity contribution in [3.63, 3.8) is 0 Å². The number of aromatic nitrogens is 1. The van der Waals surface area contributed by atoms with E-state index in [0.29, 0.717) is 13.0 Å². The van der Waals surface area contributed by atoms with Gasteiger partial charge in [-0.3, -0.25) is 4.79 Å². The van der Waals surface area contributed by atoms with Gasteiger partial charge in [0, 0.05) is 23.5 Å². The van der Waals surface area contributed by atoms with Gasteiger partial charge in [0.15, 0.2) is 0 Å². The van der Waals surface area contributed by atoms with Gasteiger partial charge in [-0.25, -0.2) is 0 Å². The lowest BCUT2D eigenvalue weighted by atomic mass is 10.1. The molecule has 1 N–H and O–H groups in total. The summed E-state index contributed by atoms with van der Waals surface area (Å²) in [5, 5.41) is 1.19. The number of nitrogens with one attached hydrogen (secondary N) is 1. The average Bonchev–Trinajstić information content (AvgIpc) is 2.69. The molecule has 3 nitrogen and oxygen atoms in total. The predicted molar refractivity (Wildman–Crippen MR) is 68.0 cm³/mol. The fraction of sp³-hybridized carbons (Fsp3) is 0.357. The van der Waals surface area contributed by atoms with Gasteiger partial charge in [-0.15, -0.1) is 0 Å². The molecule has 3 heteroatoms. The van der Waals surface area contributed by atoms with Crippen LogP contribution in [0.25, 0.3) is 10.9 Å². The van der Waals surface area contributed by atoms with E-state index in [9.17, 15) is 4.79 Å². The molecule has 1 aromatic carbocycles. The molecule has 0 bridgehead atoms. The number of hydrogen-bond acceptors (Lipinski definition) is 2. The zero-order valence-electron chi connectivity index (χ0n) is 10.2. The van der Waals surface area contributed by atoms with Gasteiger partial charge in [0.25, 0.3) is 0 Å². The minimum absolute atomic E-state index is 0.131.